The smallest absolute Gasteiger partial charge is 0.156 e. The van der Waals surface area contributed by atoms with Crippen molar-refractivity contribution >= 4 is 76.2 Å². The molecular formula is C59H35N3O. The van der Waals surface area contributed by atoms with E-state index in [2.05, 4.69) is 226 Å². The molecule has 0 fully saturated rings. The molecule has 13 aromatic rings. The highest BCUT2D eigenvalue weighted by molar-refractivity contribution is 6.16. The van der Waals surface area contributed by atoms with Crippen molar-refractivity contribution in [2.45, 2.75) is 5.41 Å². The highest BCUT2D eigenvalue weighted by atomic mass is 16.5. The number of para-hydroxylation sites is 6. The van der Waals surface area contributed by atoms with Gasteiger partial charge >= 0.3 is 0 Å². The molecule has 3 aromatic heterocycles. The van der Waals surface area contributed by atoms with Gasteiger partial charge in [-0.3, -0.25) is 0 Å². The largest absolute Gasteiger partial charge is 0.454 e. The minimum absolute atomic E-state index is 0.669. The van der Waals surface area contributed by atoms with E-state index in [1.807, 2.05) is 0 Å². The molecule has 0 N–H and O–H groups in total. The molecule has 292 valence electrons. The highest BCUT2D eigenvalue weighted by Gasteiger charge is 2.51. The average molecular weight is 802 g/mol. The summed E-state index contributed by atoms with van der Waals surface area (Å²) in [5, 5.41) is 9.76. The van der Waals surface area contributed by atoms with E-state index in [4.69, 9.17) is 4.74 Å². The number of ether oxygens (including phenoxy) is 1. The van der Waals surface area contributed by atoms with Gasteiger partial charge in [-0.2, -0.15) is 0 Å². The molecule has 5 heterocycles. The lowest BCUT2D eigenvalue weighted by molar-refractivity contribution is 0.438. The summed E-state index contributed by atoms with van der Waals surface area (Å²) in [4.78, 5) is 0. The molecule has 1 unspecified atom stereocenters. The van der Waals surface area contributed by atoms with Crippen LogP contribution >= 0.6 is 0 Å². The summed E-state index contributed by atoms with van der Waals surface area (Å²) in [6, 6.07) is 78.2. The lowest BCUT2D eigenvalue weighted by Crippen LogP contribution is -2.37. The van der Waals surface area contributed by atoms with Crippen molar-refractivity contribution < 1.29 is 4.74 Å². The molecule has 0 bridgehead atoms. The Kier molecular flexibility index (Phi) is 6.32. The molecule has 2 aliphatic rings. The van der Waals surface area contributed by atoms with Crippen LogP contribution in [0.2, 0.25) is 0 Å². The Morgan fingerprint density at radius 1 is 0.317 bits per heavy atom. The van der Waals surface area contributed by atoms with Gasteiger partial charge in [0.05, 0.1) is 44.2 Å². The van der Waals surface area contributed by atoms with E-state index in [0.717, 1.165) is 50.4 Å². The number of nitrogens with zero attached hydrogens (tertiary/aromatic N) is 3. The summed E-state index contributed by atoms with van der Waals surface area (Å²) in [7, 11) is 0. The molecular weight excluding hydrogens is 767 g/mol. The van der Waals surface area contributed by atoms with Gasteiger partial charge in [-0.25, -0.2) is 0 Å². The van der Waals surface area contributed by atoms with Crippen molar-refractivity contribution in [1.82, 2.24) is 13.7 Å². The van der Waals surface area contributed by atoms with Crippen molar-refractivity contribution in [3.05, 3.63) is 235 Å². The van der Waals surface area contributed by atoms with Gasteiger partial charge in [-0.05, 0) is 82.6 Å². The van der Waals surface area contributed by atoms with Gasteiger partial charge < -0.3 is 18.4 Å². The van der Waals surface area contributed by atoms with E-state index in [9.17, 15) is 0 Å². The SMILES string of the molecule is c1ccc2c(c1)Oc1c(ccc3c4ccccc4n(-c4ccc5c(c4)c4ccccc4n5-c4ccc5ccccc5c4)c13)C21c2ccccc2-n2c3ccccc3c3cccc1c32. The summed E-state index contributed by atoms with van der Waals surface area (Å²) in [6.45, 7) is 0. The molecule has 2 aliphatic heterocycles. The summed E-state index contributed by atoms with van der Waals surface area (Å²) < 4.78 is 14.8. The molecule has 63 heavy (non-hydrogen) atoms. The number of aromatic nitrogens is 3. The summed E-state index contributed by atoms with van der Waals surface area (Å²) in [5.74, 6) is 1.76. The van der Waals surface area contributed by atoms with Crippen LogP contribution in [0.15, 0.2) is 212 Å². The number of rotatable bonds is 2. The first-order valence-electron chi connectivity index (χ1n) is 21.8. The number of hydrogen-bond donors (Lipinski definition) is 0. The molecule has 0 saturated carbocycles. The third kappa shape index (κ3) is 4.11. The van der Waals surface area contributed by atoms with Crippen LogP contribution in [0.1, 0.15) is 22.3 Å². The second-order valence-corrected chi connectivity index (χ2v) is 17.2. The summed E-state index contributed by atoms with van der Waals surface area (Å²) in [5.41, 5.74) is 14.6. The highest BCUT2D eigenvalue weighted by Crippen LogP contribution is 2.62. The Morgan fingerprint density at radius 3 is 1.71 bits per heavy atom. The Morgan fingerprint density at radius 2 is 0.889 bits per heavy atom. The van der Waals surface area contributed by atoms with Crippen molar-refractivity contribution in [2.24, 2.45) is 0 Å². The lowest BCUT2D eigenvalue weighted by Gasteiger charge is -2.45. The topological polar surface area (TPSA) is 24.0 Å². The molecule has 4 heteroatoms. The predicted octanol–water partition coefficient (Wildman–Crippen LogP) is 14.9. The van der Waals surface area contributed by atoms with Gasteiger partial charge in [0.25, 0.3) is 0 Å². The third-order valence-electron chi connectivity index (χ3n) is 14.3. The maximum Gasteiger partial charge on any atom is 0.156 e. The Balaban J connectivity index is 1.06. The molecule has 1 atom stereocenters. The van der Waals surface area contributed by atoms with Gasteiger partial charge in [0, 0.05) is 54.8 Å². The van der Waals surface area contributed by atoms with E-state index in [1.165, 1.54) is 76.6 Å². The summed E-state index contributed by atoms with van der Waals surface area (Å²) >= 11 is 0. The van der Waals surface area contributed by atoms with Crippen LogP contribution in [0, 0.1) is 0 Å². The average Bonchev–Trinajstić information content (AvgIpc) is 3.99. The Bertz CT molecular complexity index is 4140. The first-order chi connectivity index (χ1) is 31.3. The van der Waals surface area contributed by atoms with Gasteiger partial charge in [-0.1, -0.05) is 152 Å². The summed E-state index contributed by atoms with van der Waals surface area (Å²) in [6.07, 6.45) is 0. The molecule has 0 radical (unpaired) electrons. The zero-order valence-corrected chi connectivity index (χ0v) is 34.0. The molecule has 4 nitrogen and oxygen atoms in total. The van der Waals surface area contributed by atoms with Crippen LogP contribution in [0.25, 0.3) is 93.3 Å². The molecule has 0 saturated heterocycles. The standard InChI is InChI=1S/C59H35N3O/c1-2-15-37-34-38(29-28-36(37)14-1)60-50-23-8-5-18-42(50)45-35-39(30-33-53(45)60)61-51-24-9-3-17-41(51)44-31-32-49-58(57(44)61)63-55-27-12-7-21-47(55)59(49)46-20-6-11-26-54(46)62-52-25-10-4-16-40(52)43-19-13-22-48(59)56(43)62/h1-35H. The first kappa shape index (κ1) is 33.4. The minimum atomic E-state index is -0.669. The zero-order chi connectivity index (χ0) is 41.0. The number of benzene rings is 10. The van der Waals surface area contributed by atoms with Crippen molar-refractivity contribution in [2.75, 3.05) is 0 Å². The van der Waals surface area contributed by atoms with E-state index in [1.54, 1.807) is 0 Å². The predicted molar refractivity (Wildman–Crippen MR) is 259 cm³/mol. The van der Waals surface area contributed by atoms with E-state index >= 15 is 0 Å². The van der Waals surface area contributed by atoms with Gasteiger partial charge in [-0.15, -0.1) is 0 Å². The van der Waals surface area contributed by atoms with Crippen LogP contribution in [-0.2, 0) is 5.41 Å². The lowest BCUT2D eigenvalue weighted by atomic mass is 9.61. The Hall–Kier alpha value is -8.34. The fourth-order valence-corrected chi connectivity index (χ4v) is 11.8. The fourth-order valence-electron chi connectivity index (χ4n) is 11.8. The fraction of sp³-hybridized carbons (Fsp3) is 0.0169. The number of hydrogen-bond acceptors (Lipinski definition) is 1. The Labute approximate surface area is 361 Å². The van der Waals surface area contributed by atoms with E-state index in [0.29, 0.717) is 0 Å². The zero-order valence-electron chi connectivity index (χ0n) is 34.0. The minimum Gasteiger partial charge on any atom is -0.454 e. The second kappa shape index (κ2) is 11.9. The van der Waals surface area contributed by atoms with Crippen molar-refractivity contribution in [1.29, 1.82) is 0 Å². The van der Waals surface area contributed by atoms with Gasteiger partial charge in [0.15, 0.2) is 5.75 Å². The van der Waals surface area contributed by atoms with Crippen molar-refractivity contribution in [3.8, 4) is 28.6 Å². The first-order valence-corrected chi connectivity index (χ1v) is 21.8. The van der Waals surface area contributed by atoms with Crippen LogP contribution in [0.4, 0.5) is 0 Å². The molecule has 0 amide bonds. The maximum atomic E-state index is 7.39. The maximum absolute atomic E-state index is 7.39. The van der Waals surface area contributed by atoms with Crippen molar-refractivity contribution in [3.63, 3.8) is 0 Å². The van der Waals surface area contributed by atoms with Crippen LogP contribution in [-0.4, -0.2) is 13.7 Å². The van der Waals surface area contributed by atoms with Gasteiger partial charge in [0.2, 0.25) is 0 Å². The quantitative estimate of drug-likeness (QED) is 0.171. The second-order valence-electron chi connectivity index (χ2n) is 17.2. The molecule has 1 spiro atoms. The van der Waals surface area contributed by atoms with Crippen LogP contribution in [0.5, 0.6) is 11.5 Å². The van der Waals surface area contributed by atoms with Crippen LogP contribution < -0.4 is 4.74 Å². The monoisotopic (exact) mass is 801 g/mol. The normalized spacial score (nSPS) is 15.2. The van der Waals surface area contributed by atoms with Crippen LogP contribution in [0.3, 0.4) is 0 Å². The number of fused-ring (bicyclic) bond motifs is 19. The molecule has 0 aliphatic carbocycles. The van der Waals surface area contributed by atoms with Gasteiger partial charge in [0.1, 0.15) is 5.75 Å². The molecule has 15 rings (SSSR count). The van der Waals surface area contributed by atoms with E-state index < -0.39 is 5.41 Å². The van der Waals surface area contributed by atoms with E-state index in [-0.39, 0.29) is 0 Å². The third-order valence-corrected chi connectivity index (χ3v) is 14.3. The molecule has 10 aromatic carbocycles.